The lowest BCUT2D eigenvalue weighted by Crippen LogP contribution is -2.20. The van der Waals surface area contributed by atoms with Crippen molar-refractivity contribution in [3.63, 3.8) is 0 Å². The van der Waals surface area contributed by atoms with E-state index in [1.807, 2.05) is 77.4 Å². The van der Waals surface area contributed by atoms with E-state index in [-0.39, 0.29) is 17.4 Å². The molecular weight excluding hydrogens is 494 g/mol. The predicted octanol–water partition coefficient (Wildman–Crippen LogP) is 5.69. The molecule has 0 spiro atoms. The van der Waals surface area contributed by atoms with E-state index in [1.54, 1.807) is 18.2 Å². The molecule has 5 aromatic rings. The number of halogens is 1. The first-order chi connectivity index (χ1) is 17.6. The summed E-state index contributed by atoms with van der Waals surface area (Å²) in [4.78, 5) is 12.5. The second kappa shape index (κ2) is 10.6. The molecular formula is C27H20ClN5O2S. The van der Waals surface area contributed by atoms with Gasteiger partial charge in [0.25, 0.3) is 5.91 Å². The third-order valence-corrected chi connectivity index (χ3v) is 6.59. The largest absolute Gasteiger partial charge is 0.507 e. The van der Waals surface area contributed by atoms with Crippen LogP contribution in [0, 0.1) is 0 Å². The van der Waals surface area contributed by atoms with Crippen LogP contribution in [-0.4, -0.2) is 37.7 Å². The fourth-order valence-electron chi connectivity index (χ4n) is 3.71. The molecule has 36 heavy (non-hydrogen) atoms. The van der Waals surface area contributed by atoms with Crippen molar-refractivity contribution in [2.45, 2.75) is 5.16 Å². The Labute approximate surface area is 216 Å². The molecule has 0 atom stereocenters. The number of amides is 1. The highest BCUT2D eigenvalue weighted by Crippen LogP contribution is 2.29. The summed E-state index contributed by atoms with van der Waals surface area (Å²) in [5.41, 5.74) is 4.79. The maximum atomic E-state index is 12.5. The minimum Gasteiger partial charge on any atom is -0.507 e. The van der Waals surface area contributed by atoms with Crippen LogP contribution in [0.25, 0.3) is 27.8 Å². The predicted molar refractivity (Wildman–Crippen MR) is 144 cm³/mol. The van der Waals surface area contributed by atoms with E-state index in [9.17, 15) is 9.90 Å². The van der Waals surface area contributed by atoms with Gasteiger partial charge in [0.15, 0.2) is 11.0 Å². The van der Waals surface area contributed by atoms with Crippen molar-refractivity contribution in [1.82, 2.24) is 20.2 Å². The van der Waals surface area contributed by atoms with Crippen LogP contribution in [0.2, 0.25) is 5.02 Å². The number of rotatable bonds is 7. The Balaban J connectivity index is 1.33. The number of benzene rings is 4. The van der Waals surface area contributed by atoms with Crippen LogP contribution in [0.15, 0.2) is 101 Å². The van der Waals surface area contributed by atoms with Gasteiger partial charge in [0.1, 0.15) is 5.75 Å². The van der Waals surface area contributed by atoms with Crippen molar-refractivity contribution in [2.75, 3.05) is 5.75 Å². The number of carbonyl (C=O) groups excluding carboxylic acids is 1. The Morgan fingerprint density at radius 1 is 0.972 bits per heavy atom. The van der Waals surface area contributed by atoms with Crippen molar-refractivity contribution in [3.8, 4) is 22.8 Å². The minimum atomic E-state index is -0.313. The van der Waals surface area contributed by atoms with Gasteiger partial charge in [-0.2, -0.15) is 5.10 Å². The number of hydrogen-bond donors (Lipinski definition) is 2. The van der Waals surface area contributed by atoms with Crippen LogP contribution in [-0.2, 0) is 4.79 Å². The Kier molecular flexibility index (Phi) is 6.97. The molecule has 0 unspecified atom stereocenters. The summed E-state index contributed by atoms with van der Waals surface area (Å²) in [6.07, 6.45) is 1.45. The fraction of sp³-hybridized carbons (Fsp3) is 0.0370. The Morgan fingerprint density at radius 3 is 2.53 bits per heavy atom. The molecule has 1 amide bonds. The third-order valence-electron chi connectivity index (χ3n) is 5.41. The number of aromatic hydroxyl groups is 1. The van der Waals surface area contributed by atoms with Crippen LogP contribution in [0.4, 0.5) is 0 Å². The zero-order valence-electron chi connectivity index (χ0n) is 18.9. The van der Waals surface area contributed by atoms with Gasteiger partial charge in [-0.05, 0) is 53.2 Å². The van der Waals surface area contributed by atoms with Gasteiger partial charge in [-0.15, -0.1) is 10.2 Å². The minimum absolute atomic E-state index is 0.0739. The number of para-hydroxylation sites is 1. The van der Waals surface area contributed by atoms with Crippen molar-refractivity contribution >= 4 is 46.3 Å². The van der Waals surface area contributed by atoms with Crippen LogP contribution in [0.1, 0.15) is 5.56 Å². The molecule has 0 saturated carbocycles. The Bertz CT molecular complexity index is 1550. The highest BCUT2D eigenvalue weighted by atomic mass is 35.5. The van der Waals surface area contributed by atoms with Gasteiger partial charge in [0.2, 0.25) is 0 Å². The van der Waals surface area contributed by atoms with E-state index >= 15 is 0 Å². The summed E-state index contributed by atoms with van der Waals surface area (Å²) in [7, 11) is 0. The number of hydrogen-bond acceptors (Lipinski definition) is 6. The number of thioether (sulfide) groups is 1. The molecule has 1 aromatic heterocycles. The molecule has 0 radical (unpaired) electrons. The number of aromatic nitrogens is 3. The van der Waals surface area contributed by atoms with E-state index in [2.05, 4.69) is 20.7 Å². The van der Waals surface area contributed by atoms with Gasteiger partial charge >= 0.3 is 0 Å². The SMILES string of the molecule is O=C(CSc1nnc(-c2ccc(Cl)cc2)n1-c1ccccc1)N/N=C/c1c(O)ccc2ccccc12. The topological polar surface area (TPSA) is 92.4 Å². The third kappa shape index (κ3) is 5.10. The molecule has 5 rings (SSSR count). The Morgan fingerprint density at radius 2 is 1.72 bits per heavy atom. The van der Waals surface area contributed by atoms with Gasteiger partial charge in [-0.3, -0.25) is 9.36 Å². The molecule has 0 bridgehead atoms. The molecule has 7 nitrogen and oxygen atoms in total. The maximum Gasteiger partial charge on any atom is 0.250 e. The number of carbonyl (C=O) groups is 1. The quantitative estimate of drug-likeness (QED) is 0.166. The van der Waals surface area contributed by atoms with Gasteiger partial charge < -0.3 is 5.11 Å². The zero-order valence-corrected chi connectivity index (χ0v) is 20.4. The van der Waals surface area contributed by atoms with E-state index < -0.39 is 0 Å². The lowest BCUT2D eigenvalue weighted by atomic mass is 10.0. The van der Waals surface area contributed by atoms with E-state index in [4.69, 9.17) is 11.6 Å². The van der Waals surface area contributed by atoms with E-state index in [0.29, 0.717) is 21.6 Å². The van der Waals surface area contributed by atoms with Crippen LogP contribution < -0.4 is 5.43 Å². The molecule has 0 aliphatic heterocycles. The standard InChI is InChI=1S/C27H20ClN5O2S/c28-20-13-10-19(11-14-20)26-31-32-27(33(26)21-7-2-1-3-8-21)36-17-25(35)30-29-16-23-22-9-5-4-6-18(22)12-15-24(23)34/h1-16,34H,17H2,(H,30,35)/b29-16+. The first kappa shape index (κ1) is 23.6. The summed E-state index contributed by atoms with van der Waals surface area (Å²) in [6.45, 7) is 0. The number of nitrogens with zero attached hydrogens (tertiary/aromatic N) is 4. The van der Waals surface area contributed by atoms with Crippen molar-refractivity contribution < 1.29 is 9.90 Å². The van der Waals surface area contributed by atoms with E-state index in [0.717, 1.165) is 22.0 Å². The number of fused-ring (bicyclic) bond motifs is 1. The van der Waals surface area contributed by atoms with Gasteiger partial charge in [0, 0.05) is 21.8 Å². The highest BCUT2D eigenvalue weighted by Gasteiger charge is 2.17. The monoisotopic (exact) mass is 513 g/mol. The van der Waals surface area contributed by atoms with Crippen molar-refractivity contribution in [2.24, 2.45) is 5.10 Å². The van der Waals surface area contributed by atoms with Crippen LogP contribution in [0.3, 0.4) is 0 Å². The van der Waals surface area contributed by atoms with Crippen molar-refractivity contribution in [1.29, 1.82) is 0 Å². The highest BCUT2D eigenvalue weighted by molar-refractivity contribution is 7.99. The number of phenols is 1. The summed E-state index contributed by atoms with van der Waals surface area (Å²) in [5.74, 6) is 0.494. The lowest BCUT2D eigenvalue weighted by molar-refractivity contribution is -0.118. The summed E-state index contributed by atoms with van der Waals surface area (Å²) >= 11 is 7.30. The maximum absolute atomic E-state index is 12.5. The molecule has 9 heteroatoms. The number of nitrogens with one attached hydrogen (secondary N) is 1. The molecule has 0 aliphatic rings. The average Bonchev–Trinajstić information content (AvgIpc) is 3.33. The molecule has 178 valence electrons. The number of hydrazone groups is 1. The summed E-state index contributed by atoms with van der Waals surface area (Å²) in [5, 5.41) is 26.0. The smallest absolute Gasteiger partial charge is 0.250 e. The number of phenolic OH excluding ortho intramolecular Hbond substituents is 1. The molecule has 0 aliphatic carbocycles. The molecule has 0 saturated heterocycles. The summed E-state index contributed by atoms with van der Waals surface area (Å²) in [6, 6.07) is 28.1. The van der Waals surface area contributed by atoms with Crippen LogP contribution >= 0.6 is 23.4 Å². The Hall–Kier alpha value is -4.14. The molecule has 4 aromatic carbocycles. The molecule has 1 heterocycles. The average molecular weight is 514 g/mol. The first-order valence-corrected chi connectivity index (χ1v) is 12.4. The zero-order chi connectivity index (χ0) is 24.9. The van der Waals surface area contributed by atoms with Gasteiger partial charge in [0.05, 0.1) is 12.0 Å². The molecule has 0 fully saturated rings. The second-order valence-electron chi connectivity index (χ2n) is 7.79. The second-order valence-corrected chi connectivity index (χ2v) is 9.16. The lowest BCUT2D eigenvalue weighted by Gasteiger charge is -2.10. The van der Waals surface area contributed by atoms with Crippen molar-refractivity contribution in [3.05, 3.63) is 102 Å². The normalized spacial score (nSPS) is 11.2. The fourth-order valence-corrected chi connectivity index (χ4v) is 4.58. The van der Waals surface area contributed by atoms with Gasteiger partial charge in [-0.25, -0.2) is 5.43 Å². The first-order valence-electron chi connectivity index (χ1n) is 11.0. The van der Waals surface area contributed by atoms with Gasteiger partial charge in [-0.1, -0.05) is 71.9 Å². The molecule has 2 N–H and O–H groups in total. The van der Waals surface area contributed by atoms with E-state index in [1.165, 1.54) is 18.0 Å². The van der Waals surface area contributed by atoms with Crippen LogP contribution in [0.5, 0.6) is 5.75 Å². The summed E-state index contributed by atoms with van der Waals surface area (Å²) < 4.78 is 1.90.